The van der Waals surface area contributed by atoms with Crippen molar-refractivity contribution in [3.8, 4) is 11.5 Å². The summed E-state index contributed by atoms with van der Waals surface area (Å²) >= 11 is 0. The third kappa shape index (κ3) is 3.11. The van der Waals surface area contributed by atoms with Crippen molar-refractivity contribution in [2.75, 3.05) is 40.4 Å². The third-order valence-electron chi connectivity index (χ3n) is 4.61. The van der Waals surface area contributed by atoms with Crippen molar-refractivity contribution in [3.63, 3.8) is 0 Å². The molecule has 132 valence electrons. The molecule has 1 amide bonds. The fourth-order valence-electron chi connectivity index (χ4n) is 3.38. The fourth-order valence-corrected chi connectivity index (χ4v) is 3.38. The van der Waals surface area contributed by atoms with E-state index in [0.717, 1.165) is 13.1 Å². The van der Waals surface area contributed by atoms with Gasteiger partial charge in [-0.25, -0.2) is 0 Å². The van der Waals surface area contributed by atoms with E-state index in [1.54, 1.807) is 4.90 Å². The summed E-state index contributed by atoms with van der Waals surface area (Å²) in [6.45, 7) is 3.04. The molecule has 1 N–H and O–H groups in total. The molecule has 0 spiro atoms. The molecule has 0 radical (unpaired) electrons. The molecule has 2 aliphatic heterocycles. The van der Waals surface area contributed by atoms with Gasteiger partial charge in [-0.05, 0) is 11.8 Å². The minimum Gasteiger partial charge on any atom is -0.493 e. The molecule has 0 aliphatic carbocycles. The molecule has 24 heavy (non-hydrogen) atoms. The number of halogens is 1. The zero-order chi connectivity index (χ0) is 16.6. The summed E-state index contributed by atoms with van der Waals surface area (Å²) in [5.41, 5.74) is -0.219. The van der Waals surface area contributed by atoms with Crippen LogP contribution in [-0.4, -0.2) is 56.1 Å². The molecule has 3 rings (SSSR count). The molecule has 0 saturated carbocycles. The summed E-state index contributed by atoms with van der Waals surface area (Å²) in [7, 11) is 2.83. The maximum Gasteiger partial charge on any atom is 0.286 e. The standard InChI is InChI=1S/C15H19N3O5.ClH/c1-22-13-3-11(12(18(20)21)4-14(13)23-2)15(19)17-7-9-5-16-6-10(9)8-17;/h3-4,9-10,16H,5-8H2,1-2H3;1H/t9-,10+;. The molecular weight excluding hydrogens is 338 g/mol. The van der Waals surface area contributed by atoms with Crippen LogP contribution in [0.3, 0.4) is 0 Å². The Morgan fingerprint density at radius 1 is 1.21 bits per heavy atom. The van der Waals surface area contributed by atoms with Crippen molar-refractivity contribution in [1.29, 1.82) is 0 Å². The lowest BCUT2D eigenvalue weighted by Crippen LogP contribution is -2.32. The first-order valence-corrected chi connectivity index (χ1v) is 7.45. The highest BCUT2D eigenvalue weighted by Crippen LogP contribution is 2.36. The van der Waals surface area contributed by atoms with Gasteiger partial charge in [0.05, 0.1) is 25.2 Å². The number of methoxy groups -OCH3 is 2. The second-order valence-corrected chi connectivity index (χ2v) is 5.87. The average Bonchev–Trinajstić information content (AvgIpc) is 3.14. The van der Waals surface area contributed by atoms with Crippen molar-refractivity contribution in [1.82, 2.24) is 10.2 Å². The largest absolute Gasteiger partial charge is 0.493 e. The van der Waals surface area contributed by atoms with Crippen LogP contribution in [0, 0.1) is 22.0 Å². The third-order valence-corrected chi connectivity index (χ3v) is 4.61. The Morgan fingerprint density at radius 2 is 1.75 bits per heavy atom. The quantitative estimate of drug-likeness (QED) is 0.645. The molecule has 0 unspecified atom stereocenters. The van der Waals surface area contributed by atoms with Crippen LogP contribution in [-0.2, 0) is 0 Å². The smallest absolute Gasteiger partial charge is 0.286 e. The predicted molar refractivity (Wildman–Crippen MR) is 89.2 cm³/mol. The van der Waals surface area contributed by atoms with Gasteiger partial charge in [0.1, 0.15) is 5.56 Å². The summed E-state index contributed by atoms with van der Waals surface area (Å²) in [5, 5.41) is 14.6. The number of amides is 1. The Morgan fingerprint density at radius 3 is 2.25 bits per heavy atom. The van der Waals surface area contributed by atoms with Crippen molar-refractivity contribution in [2.24, 2.45) is 11.8 Å². The lowest BCUT2D eigenvalue weighted by molar-refractivity contribution is -0.385. The molecule has 1 aromatic carbocycles. The first kappa shape index (κ1) is 18.3. The van der Waals surface area contributed by atoms with Gasteiger partial charge in [0.2, 0.25) is 0 Å². The maximum atomic E-state index is 12.8. The molecule has 1 aromatic rings. The lowest BCUT2D eigenvalue weighted by Gasteiger charge is -2.18. The Hall–Kier alpha value is -2.06. The number of carbonyl (C=O) groups excluding carboxylic acids is 1. The second kappa shape index (κ2) is 7.23. The van der Waals surface area contributed by atoms with Crippen LogP contribution in [0.15, 0.2) is 12.1 Å². The number of hydrogen-bond donors (Lipinski definition) is 1. The lowest BCUT2D eigenvalue weighted by atomic mass is 10.0. The highest BCUT2D eigenvalue weighted by atomic mass is 35.5. The molecule has 8 nitrogen and oxygen atoms in total. The van der Waals surface area contributed by atoms with Gasteiger partial charge < -0.3 is 19.7 Å². The van der Waals surface area contributed by atoms with Crippen LogP contribution in [0.4, 0.5) is 5.69 Å². The molecular formula is C15H20ClN3O5. The summed E-state index contributed by atoms with van der Waals surface area (Å²) in [6.07, 6.45) is 0. The summed E-state index contributed by atoms with van der Waals surface area (Å²) in [5.74, 6) is 1.07. The van der Waals surface area contributed by atoms with E-state index in [1.807, 2.05) is 0 Å². The Balaban J connectivity index is 0.00000208. The number of carbonyl (C=O) groups is 1. The zero-order valence-corrected chi connectivity index (χ0v) is 14.3. The minimum absolute atomic E-state index is 0. The normalized spacial score (nSPS) is 21.8. The van der Waals surface area contributed by atoms with Gasteiger partial charge in [-0.3, -0.25) is 14.9 Å². The summed E-state index contributed by atoms with van der Waals surface area (Å²) < 4.78 is 10.3. The molecule has 0 aromatic heterocycles. The maximum absolute atomic E-state index is 12.8. The van der Waals surface area contributed by atoms with E-state index in [0.29, 0.717) is 30.7 Å². The van der Waals surface area contributed by atoms with Crippen molar-refractivity contribution in [2.45, 2.75) is 0 Å². The average molecular weight is 358 g/mol. The first-order chi connectivity index (χ1) is 11.0. The number of nitrogens with one attached hydrogen (secondary N) is 1. The zero-order valence-electron chi connectivity index (χ0n) is 13.5. The minimum atomic E-state index is -0.562. The monoisotopic (exact) mass is 357 g/mol. The van der Waals surface area contributed by atoms with Crippen LogP contribution < -0.4 is 14.8 Å². The van der Waals surface area contributed by atoms with E-state index in [9.17, 15) is 14.9 Å². The SMILES string of the molecule is COc1cc(C(=O)N2C[C@H]3CNC[C@H]3C2)c([N+](=O)[O-])cc1OC.Cl. The van der Waals surface area contributed by atoms with Gasteiger partial charge in [0, 0.05) is 32.2 Å². The number of ether oxygens (including phenoxy) is 2. The highest BCUT2D eigenvalue weighted by molar-refractivity contribution is 5.99. The number of hydrogen-bond acceptors (Lipinski definition) is 6. The summed E-state index contributed by atoms with van der Waals surface area (Å²) in [6, 6.07) is 2.64. The van der Waals surface area contributed by atoms with E-state index >= 15 is 0 Å². The number of fused-ring (bicyclic) bond motifs is 1. The van der Waals surface area contributed by atoms with Crippen LogP contribution in [0.5, 0.6) is 11.5 Å². The number of rotatable bonds is 4. The molecule has 2 atom stereocenters. The van der Waals surface area contributed by atoms with Crippen LogP contribution in [0.25, 0.3) is 0 Å². The van der Waals surface area contributed by atoms with E-state index in [-0.39, 0.29) is 35.3 Å². The van der Waals surface area contributed by atoms with E-state index in [2.05, 4.69) is 5.32 Å². The Bertz CT molecular complexity index is 642. The molecule has 0 bridgehead atoms. The van der Waals surface area contributed by atoms with E-state index in [1.165, 1.54) is 26.4 Å². The highest BCUT2D eigenvalue weighted by Gasteiger charge is 2.40. The van der Waals surface area contributed by atoms with Gasteiger partial charge >= 0.3 is 0 Å². The molecule has 2 heterocycles. The first-order valence-electron chi connectivity index (χ1n) is 7.45. The van der Waals surface area contributed by atoms with Gasteiger partial charge in [-0.15, -0.1) is 12.4 Å². The van der Waals surface area contributed by atoms with Crippen molar-refractivity contribution in [3.05, 3.63) is 27.8 Å². The van der Waals surface area contributed by atoms with Crippen LogP contribution in [0.2, 0.25) is 0 Å². The molecule has 2 fully saturated rings. The number of benzene rings is 1. The van der Waals surface area contributed by atoms with Gasteiger partial charge in [0.25, 0.3) is 11.6 Å². The van der Waals surface area contributed by atoms with Crippen LogP contribution in [0.1, 0.15) is 10.4 Å². The van der Waals surface area contributed by atoms with E-state index < -0.39 is 4.92 Å². The fraction of sp³-hybridized carbons (Fsp3) is 0.533. The Labute approximate surface area is 145 Å². The predicted octanol–water partition coefficient (Wildman–Crippen LogP) is 1.33. The number of nitro groups is 1. The second-order valence-electron chi connectivity index (χ2n) is 5.87. The Kier molecular flexibility index (Phi) is 5.51. The topological polar surface area (TPSA) is 93.9 Å². The van der Waals surface area contributed by atoms with Gasteiger partial charge in [-0.2, -0.15) is 0 Å². The molecule has 9 heteroatoms. The van der Waals surface area contributed by atoms with E-state index in [4.69, 9.17) is 9.47 Å². The number of nitro benzene ring substituents is 1. The van der Waals surface area contributed by atoms with Gasteiger partial charge in [0.15, 0.2) is 11.5 Å². The summed E-state index contributed by atoms with van der Waals surface area (Å²) in [4.78, 5) is 25.2. The van der Waals surface area contributed by atoms with Crippen LogP contribution >= 0.6 is 12.4 Å². The number of likely N-dealkylation sites (tertiary alicyclic amines) is 1. The van der Waals surface area contributed by atoms with Crippen molar-refractivity contribution >= 4 is 24.0 Å². The van der Waals surface area contributed by atoms with Gasteiger partial charge in [-0.1, -0.05) is 0 Å². The van der Waals surface area contributed by atoms with Crippen molar-refractivity contribution < 1.29 is 19.2 Å². The molecule has 2 aliphatic rings. The number of nitrogens with zero attached hydrogens (tertiary/aromatic N) is 2. The molecule has 2 saturated heterocycles.